The van der Waals surface area contributed by atoms with Crippen LogP contribution < -0.4 is 0 Å². The lowest BCUT2D eigenvalue weighted by molar-refractivity contribution is 0.0554. The van der Waals surface area contributed by atoms with Crippen LogP contribution in [0.25, 0.3) is 0 Å². The lowest BCUT2D eigenvalue weighted by atomic mass is 10.3. The van der Waals surface area contributed by atoms with Gasteiger partial charge in [0.05, 0.1) is 19.0 Å². The molecule has 1 saturated heterocycles. The van der Waals surface area contributed by atoms with Crippen molar-refractivity contribution in [1.29, 1.82) is 0 Å². The Kier molecular flexibility index (Phi) is 4.62. The van der Waals surface area contributed by atoms with E-state index in [4.69, 9.17) is 9.16 Å². The van der Waals surface area contributed by atoms with Crippen molar-refractivity contribution in [2.45, 2.75) is 26.6 Å². The smallest absolute Gasteiger partial charge is 0.241 e. The van der Waals surface area contributed by atoms with E-state index in [0.29, 0.717) is 0 Å². The van der Waals surface area contributed by atoms with Gasteiger partial charge >= 0.3 is 0 Å². The molecular weight excluding hydrogens is 218 g/mol. The van der Waals surface area contributed by atoms with Crippen molar-refractivity contribution < 1.29 is 9.16 Å². The molecule has 0 radical (unpaired) electrons. The van der Waals surface area contributed by atoms with E-state index >= 15 is 0 Å². The van der Waals surface area contributed by atoms with E-state index in [9.17, 15) is 0 Å². The van der Waals surface area contributed by atoms with Crippen molar-refractivity contribution in [2.24, 2.45) is 0 Å². The molecule has 0 bridgehead atoms. The summed E-state index contributed by atoms with van der Waals surface area (Å²) in [6.07, 6.45) is 2.03. The molecule has 0 aromatic rings. The van der Waals surface area contributed by atoms with Crippen LogP contribution in [-0.4, -0.2) is 39.5 Å². The van der Waals surface area contributed by atoms with Crippen molar-refractivity contribution in [3.8, 4) is 0 Å². The Hall–Kier alpha value is -0.743. The standard InChI is InChI=1S/C12H23NO2Si/c1-11(13-6-8-14-9-7-13)10-12(2)15-16(3,4)5/h10H,1,6-9H2,2-5H3/b12-10+. The van der Waals surface area contributed by atoms with Gasteiger partial charge in [0.15, 0.2) is 0 Å². The first kappa shape index (κ1) is 13.3. The van der Waals surface area contributed by atoms with Crippen LogP contribution in [0.1, 0.15) is 6.92 Å². The fraction of sp³-hybridized carbons (Fsp3) is 0.667. The number of hydrogen-bond donors (Lipinski definition) is 0. The molecule has 1 fully saturated rings. The van der Waals surface area contributed by atoms with Crippen molar-refractivity contribution in [1.82, 2.24) is 4.90 Å². The molecule has 3 nitrogen and oxygen atoms in total. The van der Waals surface area contributed by atoms with E-state index in [1.165, 1.54) is 0 Å². The normalized spacial score (nSPS) is 18.5. The average molecular weight is 241 g/mol. The van der Waals surface area contributed by atoms with Gasteiger partial charge in [-0.2, -0.15) is 0 Å². The lowest BCUT2D eigenvalue weighted by Crippen LogP contribution is -2.35. The highest BCUT2D eigenvalue weighted by atomic mass is 28.4. The quantitative estimate of drug-likeness (QED) is 0.429. The molecule has 0 N–H and O–H groups in total. The molecule has 92 valence electrons. The van der Waals surface area contributed by atoms with Gasteiger partial charge < -0.3 is 14.1 Å². The van der Waals surface area contributed by atoms with Gasteiger partial charge in [-0.25, -0.2) is 0 Å². The third-order valence-electron chi connectivity index (χ3n) is 2.25. The van der Waals surface area contributed by atoms with Gasteiger partial charge in [-0.05, 0) is 32.6 Å². The molecule has 0 unspecified atom stereocenters. The van der Waals surface area contributed by atoms with Crippen molar-refractivity contribution in [3.05, 3.63) is 24.1 Å². The number of allylic oxidation sites excluding steroid dienone is 2. The highest BCUT2D eigenvalue weighted by Crippen LogP contribution is 2.14. The molecule has 1 aliphatic rings. The minimum absolute atomic E-state index is 0.792. The molecule has 16 heavy (non-hydrogen) atoms. The van der Waals surface area contributed by atoms with E-state index in [2.05, 4.69) is 31.1 Å². The van der Waals surface area contributed by atoms with Crippen LogP contribution >= 0.6 is 0 Å². The van der Waals surface area contributed by atoms with Gasteiger partial charge in [0.25, 0.3) is 0 Å². The second-order valence-corrected chi connectivity index (χ2v) is 9.49. The summed E-state index contributed by atoms with van der Waals surface area (Å²) in [5, 5.41) is 0. The topological polar surface area (TPSA) is 21.7 Å². The molecule has 1 heterocycles. The van der Waals surface area contributed by atoms with Gasteiger partial charge in [-0.15, -0.1) is 0 Å². The lowest BCUT2D eigenvalue weighted by Gasteiger charge is -2.29. The molecule has 0 amide bonds. The number of ether oxygens (including phenoxy) is 1. The maximum Gasteiger partial charge on any atom is 0.241 e. The third-order valence-corrected chi connectivity index (χ3v) is 3.19. The van der Waals surface area contributed by atoms with E-state index in [0.717, 1.165) is 37.8 Å². The Morgan fingerprint density at radius 3 is 2.38 bits per heavy atom. The Morgan fingerprint density at radius 1 is 1.31 bits per heavy atom. The molecule has 0 aliphatic carbocycles. The monoisotopic (exact) mass is 241 g/mol. The molecule has 1 aliphatic heterocycles. The second kappa shape index (κ2) is 5.55. The maximum atomic E-state index is 5.88. The van der Waals surface area contributed by atoms with Crippen LogP contribution in [-0.2, 0) is 9.16 Å². The summed E-state index contributed by atoms with van der Waals surface area (Å²) in [7, 11) is -1.49. The summed E-state index contributed by atoms with van der Waals surface area (Å²) >= 11 is 0. The number of rotatable bonds is 4. The van der Waals surface area contributed by atoms with E-state index in [1.54, 1.807) is 0 Å². The van der Waals surface area contributed by atoms with Crippen LogP contribution in [0.15, 0.2) is 24.1 Å². The molecule has 0 atom stereocenters. The minimum atomic E-state index is -1.49. The van der Waals surface area contributed by atoms with E-state index < -0.39 is 8.32 Å². The van der Waals surface area contributed by atoms with Crippen LogP contribution in [0, 0.1) is 0 Å². The molecule has 1 rings (SSSR count). The van der Waals surface area contributed by atoms with E-state index in [-0.39, 0.29) is 0 Å². The summed E-state index contributed by atoms with van der Waals surface area (Å²) in [6.45, 7) is 16.1. The van der Waals surface area contributed by atoms with Crippen LogP contribution in [0.3, 0.4) is 0 Å². The van der Waals surface area contributed by atoms with Crippen LogP contribution in [0.2, 0.25) is 19.6 Å². The SMILES string of the molecule is C=C(/C=C(\C)O[Si](C)(C)C)N1CCOCC1. The number of nitrogens with zero attached hydrogens (tertiary/aromatic N) is 1. The summed E-state index contributed by atoms with van der Waals surface area (Å²) in [5.41, 5.74) is 1.03. The summed E-state index contributed by atoms with van der Waals surface area (Å²) in [6, 6.07) is 0. The van der Waals surface area contributed by atoms with Crippen molar-refractivity contribution >= 4 is 8.32 Å². The zero-order valence-corrected chi connectivity index (χ0v) is 11.9. The first-order valence-corrected chi connectivity index (χ1v) is 9.18. The van der Waals surface area contributed by atoms with Gasteiger partial charge in [0, 0.05) is 18.8 Å². The van der Waals surface area contributed by atoms with Crippen LogP contribution in [0.5, 0.6) is 0 Å². The summed E-state index contributed by atoms with van der Waals surface area (Å²) < 4.78 is 11.2. The summed E-state index contributed by atoms with van der Waals surface area (Å²) in [5.74, 6) is 0.968. The zero-order valence-electron chi connectivity index (χ0n) is 10.9. The van der Waals surface area contributed by atoms with Gasteiger partial charge in [-0.3, -0.25) is 0 Å². The first-order chi connectivity index (χ1) is 7.38. The van der Waals surface area contributed by atoms with Crippen molar-refractivity contribution in [3.63, 3.8) is 0 Å². The molecule has 4 heteroatoms. The average Bonchev–Trinajstić information content (AvgIpc) is 2.16. The number of hydrogen-bond acceptors (Lipinski definition) is 3. The third kappa shape index (κ3) is 4.85. The Morgan fingerprint density at radius 2 is 1.88 bits per heavy atom. The summed E-state index contributed by atoms with van der Waals surface area (Å²) in [4.78, 5) is 2.24. The number of morpholine rings is 1. The highest BCUT2D eigenvalue weighted by Gasteiger charge is 2.16. The van der Waals surface area contributed by atoms with Crippen LogP contribution in [0.4, 0.5) is 0 Å². The van der Waals surface area contributed by atoms with E-state index in [1.807, 2.05) is 13.0 Å². The molecule has 0 saturated carbocycles. The van der Waals surface area contributed by atoms with Crippen molar-refractivity contribution in [2.75, 3.05) is 26.3 Å². The predicted molar refractivity (Wildman–Crippen MR) is 69.7 cm³/mol. The fourth-order valence-corrected chi connectivity index (χ4v) is 2.71. The van der Waals surface area contributed by atoms with Gasteiger partial charge in [-0.1, -0.05) is 6.58 Å². The fourth-order valence-electron chi connectivity index (χ4n) is 1.69. The molecule has 0 aromatic heterocycles. The Bertz CT molecular complexity index is 275. The van der Waals surface area contributed by atoms with Gasteiger partial charge in [0.1, 0.15) is 0 Å². The van der Waals surface area contributed by atoms with Gasteiger partial charge in [0.2, 0.25) is 8.32 Å². The highest BCUT2D eigenvalue weighted by molar-refractivity contribution is 6.70. The minimum Gasteiger partial charge on any atom is -0.547 e. The molecular formula is C12H23NO2Si. The molecule has 0 aromatic carbocycles. The predicted octanol–water partition coefficient (Wildman–Crippen LogP) is 2.59. The first-order valence-electron chi connectivity index (χ1n) is 5.77. The zero-order chi connectivity index (χ0) is 12.2. The largest absolute Gasteiger partial charge is 0.547 e. The Labute approximate surface area is 99.9 Å². The second-order valence-electron chi connectivity index (χ2n) is 5.06. The maximum absolute atomic E-state index is 5.88. The Balaban J connectivity index is 2.50. The molecule has 0 spiro atoms.